The predicted molar refractivity (Wildman–Crippen MR) is 117 cm³/mol. The van der Waals surface area contributed by atoms with E-state index in [1.807, 2.05) is 42.3 Å². The highest BCUT2D eigenvalue weighted by atomic mass is 35.5. The van der Waals surface area contributed by atoms with Crippen LogP contribution in [0.15, 0.2) is 42.5 Å². The van der Waals surface area contributed by atoms with Gasteiger partial charge in [-0.25, -0.2) is 0 Å². The first-order chi connectivity index (χ1) is 14.1. The first kappa shape index (κ1) is 20.2. The molecule has 1 amide bonds. The summed E-state index contributed by atoms with van der Waals surface area (Å²) in [5.74, 6) is 1.07. The lowest BCUT2D eigenvalue weighted by atomic mass is 9.81. The molecule has 154 valence electrons. The summed E-state index contributed by atoms with van der Waals surface area (Å²) in [5.41, 5.74) is 3.48. The first-order valence-corrected chi connectivity index (χ1v) is 10.9. The Morgan fingerprint density at radius 3 is 2.59 bits per heavy atom. The molecule has 5 heteroatoms. The van der Waals surface area contributed by atoms with Crippen LogP contribution in [0.25, 0.3) is 0 Å². The Hall–Kier alpha value is -2.04. The molecular weight excluding hydrogens is 384 g/mol. The van der Waals surface area contributed by atoms with Crippen molar-refractivity contribution in [2.24, 2.45) is 0 Å². The van der Waals surface area contributed by atoms with Gasteiger partial charge in [-0.1, -0.05) is 35.9 Å². The molecule has 0 N–H and O–H groups in total. The largest absolute Gasteiger partial charge is 0.496 e. The van der Waals surface area contributed by atoms with Crippen molar-refractivity contribution < 1.29 is 9.53 Å². The van der Waals surface area contributed by atoms with E-state index in [-0.39, 0.29) is 11.9 Å². The second kappa shape index (κ2) is 8.76. The molecule has 4 nitrogen and oxygen atoms in total. The minimum absolute atomic E-state index is 0.0479. The minimum Gasteiger partial charge on any atom is -0.496 e. The second-order valence-corrected chi connectivity index (χ2v) is 8.57. The summed E-state index contributed by atoms with van der Waals surface area (Å²) in [6, 6.07) is 14.2. The third kappa shape index (κ3) is 4.15. The molecule has 0 radical (unpaired) electrons. The van der Waals surface area contributed by atoms with E-state index in [0.29, 0.717) is 17.5 Å². The van der Waals surface area contributed by atoms with Gasteiger partial charge in [0, 0.05) is 18.1 Å². The van der Waals surface area contributed by atoms with E-state index >= 15 is 0 Å². The van der Waals surface area contributed by atoms with Crippen LogP contribution in [0.4, 0.5) is 0 Å². The van der Waals surface area contributed by atoms with Gasteiger partial charge in [-0.15, -0.1) is 0 Å². The van der Waals surface area contributed by atoms with Crippen LogP contribution in [0, 0.1) is 0 Å². The molecule has 2 aromatic rings. The number of carbonyl (C=O) groups excluding carboxylic acids is 1. The van der Waals surface area contributed by atoms with E-state index in [0.717, 1.165) is 37.2 Å². The van der Waals surface area contributed by atoms with Crippen LogP contribution < -0.4 is 4.74 Å². The zero-order valence-electron chi connectivity index (χ0n) is 17.2. The van der Waals surface area contributed by atoms with E-state index in [2.05, 4.69) is 17.0 Å². The van der Waals surface area contributed by atoms with Crippen molar-refractivity contribution in [2.75, 3.05) is 27.2 Å². The number of amides is 1. The van der Waals surface area contributed by atoms with E-state index in [1.54, 1.807) is 7.11 Å². The predicted octanol–water partition coefficient (Wildman–Crippen LogP) is 4.50. The number of likely N-dealkylation sites (tertiary alicyclic amines) is 1. The average molecular weight is 413 g/mol. The van der Waals surface area contributed by atoms with Gasteiger partial charge in [0.2, 0.25) is 5.91 Å². The van der Waals surface area contributed by atoms with Crippen molar-refractivity contribution >= 4 is 17.5 Å². The summed E-state index contributed by atoms with van der Waals surface area (Å²) in [6.45, 7) is 2.25. The smallest absolute Gasteiger partial charge is 0.227 e. The lowest BCUT2D eigenvalue weighted by Crippen LogP contribution is -2.48. The Bertz CT molecular complexity index is 862. The van der Waals surface area contributed by atoms with Crippen LogP contribution in [0.5, 0.6) is 5.75 Å². The Kier molecular flexibility index (Phi) is 6.12. The zero-order valence-corrected chi connectivity index (χ0v) is 18.0. The fraction of sp³-hybridized carbons (Fsp3) is 0.458. The van der Waals surface area contributed by atoms with Gasteiger partial charge < -0.3 is 9.64 Å². The van der Waals surface area contributed by atoms with Crippen LogP contribution >= 0.6 is 11.6 Å². The molecular formula is C24H29ClN2O2. The highest BCUT2D eigenvalue weighted by molar-refractivity contribution is 6.30. The molecule has 1 aliphatic carbocycles. The normalized spacial score (nSPS) is 21.6. The molecule has 0 unspecified atom stereocenters. The van der Waals surface area contributed by atoms with Crippen LogP contribution in [-0.2, 0) is 17.6 Å². The Morgan fingerprint density at radius 1 is 1.17 bits per heavy atom. The second-order valence-electron chi connectivity index (χ2n) is 8.13. The number of nitrogens with zero attached hydrogens (tertiary/aromatic N) is 2. The maximum atomic E-state index is 13.3. The number of hydrogen-bond donors (Lipinski definition) is 0. The molecule has 4 rings (SSSR count). The standard InChI is InChI=1S/C24H29ClN2O2/c1-26(23(28)16-17-8-10-18(25)11-9-17)24-20-6-5-7-22(29-2)19(20)12-13-21(24)27-14-3-4-15-27/h5-11,21,24H,3-4,12-16H2,1-2H3/t21-,24-/m0/s1. The quantitative estimate of drug-likeness (QED) is 0.724. The lowest BCUT2D eigenvalue weighted by Gasteiger charge is -2.44. The number of hydrogen-bond acceptors (Lipinski definition) is 3. The summed E-state index contributed by atoms with van der Waals surface area (Å²) in [7, 11) is 3.69. The summed E-state index contributed by atoms with van der Waals surface area (Å²) in [6.07, 6.45) is 4.93. The van der Waals surface area contributed by atoms with Gasteiger partial charge in [0.1, 0.15) is 5.75 Å². The van der Waals surface area contributed by atoms with Gasteiger partial charge in [-0.2, -0.15) is 0 Å². The maximum Gasteiger partial charge on any atom is 0.227 e. The number of ether oxygens (including phenoxy) is 1. The van der Waals surface area contributed by atoms with E-state index in [1.165, 1.54) is 24.0 Å². The van der Waals surface area contributed by atoms with Crippen molar-refractivity contribution in [1.82, 2.24) is 9.80 Å². The van der Waals surface area contributed by atoms with Crippen molar-refractivity contribution in [1.29, 1.82) is 0 Å². The minimum atomic E-state index is 0.0479. The molecule has 0 aromatic heterocycles. The Labute approximate surface area is 178 Å². The molecule has 1 fully saturated rings. The van der Waals surface area contributed by atoms with Crippen LogP contribution in [0.2, 0.25) is 5.02 Å². The Balaban J connectivity index is 1.64. The Morgan fingerprint density at radius 2 is 1.90 bits per heavy atom. The number of likely N-dealkylation sites (N-methyl/N-ethyl adjacent to an activating group) is 1. The number of methoxy groups -OCH3 is 1. The third-order valence-electron chi connectivity index (χ3n) is 6.45. The van der Waals surface area contributed by atoms with Gasteiger partial charge in [0.25, 0.3) is 0 Å². The van der Waals surface area contributed by atoms with Crippen molar-refractivity contribution in [3.05, 3.63) is 64.2 Å². The first-order valence-electron chi connectivity index (χ1n) is 10.5. The van der Waals surface area contributed by atoms with Crippen molar-refractivity contribution in [3.63, 3.8) is 0 Å². The SMILES string of the molecule is COc1cccc2c1CC[C@H](N1CCCC1)[C@H]2N(C)C(=O)Cc1ccc(Cl)cc1. The van der Waals surface area contributed by atoms with Gasteiger partial charge in [-0.05, 0) is 73.7 Å². The fourth-order valence-corrected chi connectivity index (χ4v) is 5.08. The van der Waals surface area contributed by atoms with Gasteiger partial charge >= 0.3 is 0 Å². The lowest BCUT2D eigenvalue weighted by molar-refractivity contribution is -0.133. The number of rotatable bonds is 5. The number of benzene rings is 2. The van der Waals surface area contributed by atoms with E-state index in [9.17, 15) is 4.79 Å². The molecule has 2 aromatic carbocycles. The maximum absolute atomic E-state index is 13.3. The van der Waals surface area contributed by atoms with Crippen LogP contribution in [0.3, 0.4) is 0 Å². The third-order valence-corrected chi connectivity index (χ3v) is 6.70. The molecule has 1 heterocycles. The highest BCUT2D eigenvalue weighted by Crippen LogP contribution is 2.41. The summed E-state index contributed by atoms with van der Waals surface area (Å²) in [4.78, 5) is 17.8. The number of carbonyl (C=O) groups is 1. The fourth-order valence-electron chi connectivity index (χ4n) is 4.95. The zero-order chi connectivity index (χ0) is 20.4. The van der Waals surface area contributed by atoms with Gasteiger partial charge in [0.05, 0.1) is 19.6 Å². The monoisotopic (exact) mass is 412 g/mol. The summed E-state index contributed by atoms with van der Waals surface area (Å²) in [5, 5.41) is 0.692. The molecule has 0 bridgehead atoms. The molecule has 2 atom stereocenters. The van der Waals surface area contributed by atoms with Crippen LogP contribution in [-0.4, -0.2) is 49.0 Å². The van der Waals surface area contributed by atoms with Crippen molar-refractivity contribution in [2.45, 2.75) is 44.2 Å². The molecule has 1 saturated heterocycles. The molecule has 0 spiro atoms. The van der Waals surface area contributed by atoms with Gasteiger partial charge in [0.15, 0.2) is 0 Å². The molecule has 29 heavy (non-hydrogen) atoms. The molecule has 2 aliphatic rings. The van der Waals surface area contributed by atoms with E-state index in [4.69, 9.17) is 16.3 Å². The average Bonchev–Trinajstić information content (AvgIpc) is 3.28. The van der Waals surface area contributed by atoms with Crippen LogP contribution in [0.1, 0.15) is 42.0 Å². The number of fused-ring (bicyclic) bond motifs is 1. The summed E-state index contributed by atoms with van der Waals surface area (Å²) >= 11 is 6.00. The number of halogens is 1. The topological polar surface area (TPSA) is 32.8 Å². The van der Waals surface area contributed by atoms with Crippen molar-refractivity contribution in [3.8, 4) is 5.75 Å². The molecule has 0 saturated carbocycles. The van der Waals surface area contributed by atoms with Gasteiger partial charge in [-0.3, -0.25) is 9.69 Å². The summed E-state index contributed by atoms with van der Waals surface area (Å²) < 4.78 is 5.64. The highest BCUT2D eigenvalue weighted by Gasteiger charge is 2.39. The van der Waals surface area contributed by atoms with E-state index < -0.39 is 0 Å². The molecule has 1 aliphatic heterocycles.